The van der Waals surface area contributed by atoms with Crippen molar-refractivity contribution in [3.8, 4) is 5.75 Å². The zero-order valence-corrected chi connectivity index (χ0v) is 36.6. The van der Waals surface area contributed by atoms with Crippen LogP contribution in [-0.2, 0) is 30.3 Å². The van der Waals surface area contributed by atoms with Crippen LogP contribution in [-0.4, -0.2) is 51.9 Å². The van der Waals surface area contributed by atoms with Crippen LogP contribution in [0.4, 0.5) is 28.4 Å². The van der Waals surface area contributed by atoms with Crippen LogP contribution in [0.1, 0.15) is 120 Å². The fourth-order valence-corrected chi connectivity index (χ4v) is 8.52. The summed E-state index contributed by atoms with van der Waals surface area (Å²) in [5.74, 6) is -1.24. The van der Waals surface area contributed by atoms with Crippen molar-refractivity contribution in [3.63, 3.8) is 0 Å². The fourth-order valence-electron chi connectivity index (χ4n) is 6.68. The van der Waals surface area contributed by atoms with Gasteiger partial charge in [0.2, 0.25) is 10.0 Å². The lowest BCUT2D eigenvalue weighted by Gasteiger charge is -2.14. The number of nitrogen functional groups attached to an aromatic ring is 1. The van der Waals surface area contributed by atoms with E-state index >= 15 is 0 Å². The van der Waals surface area contributed by atoms with Crippen molar-refractivity contribution in [2.24, 2.45) is 25.6 Å². The molecule has 0 aromatic heterocycles. The Morgan fingerprint density at radius 2 is 1.02 bits per heavy atom. The largest absolute Gasteiger partial charge is 0.505 e. The standard InChI is InChI=1S/C41H55N7O10S3/c1-2-3-4-5-6-7-8-9-10-11-12-13-14-15-16-17-26-44-41(50)29-18-20-31(21-19-29)46-48-39-35(61(56,57)58)28-30-27-34(60(53,54)55)38(37(42)36(30)40(39)49)47-45-32-22-24-33(25-23-32)59(43,51)52/h18-25,27-28,49H,2-17,26,42H2,1H3,(H,44,50)(H2,43,51,52)(H,53,54,55)(H,56,57,58). The highest BCUT2D eigenvalue weighted by Gasteiger charge is 2.28. The summed E-state index contributed by atoms with van der Waals surface area (Å²) < 4.78 is 92.8. The van der Waals surface area contributed by atoms with Crippen molar-refractivity contribution in [2.75, 3.05) is 12.3 Å². The van der Waals surface area contributed by atoms with Crippen LogP contribution in [0.3, 0.4) is 0 Å². The number of sulfonamides is 1. The van der Waals surface area contributed by atoms with Crippen molar-refractivity contribution >= 4 is 75.4 Å². The lowest BCUT2D eigenvalue weighted by Crippen LogP contribution is -2.24. The van der Waals surface area contributed by atoms with E-state index in [1.807, 2.05) is 0 Å². The molecule has 0 aliphatic heterocycles. The molecule has 17 nitrogen and oxygen atoms in total. The first-order valence-corrected chi connectivity index (χ1v) is 24.8. The van der Waals surface area contributed by atoms with Gasteiger partial charge in [0.05, 0.1) is 27.3 Å². The molecule has 0 bridgehead atoms. The number of carbonyl (C=O) groups excluding carboxylic acids is 1. The number of azo groups is 2. The second-order valence-electron chi connectivity index (χ2n) is 14.8. The maximum absolute atomic E-state index is 12.7. The zero-order valence-electron chi connectivity index (χ0n) is 34.2. The van der Waals surface area contributed by atoms with Crippen molar-refractivity contribution < 1.29 is 44.3 Å². The molecule has 4 aromatic carbocycles. The summed E-state index contributed by atoms with van der Waals surface area (Å²) in [5, 5.41) is 34.0. The summed E-state index contributed by atoms with van der Waals surface area (Å²) in [6, 6.07) is 12.0. The number of benzene rings is 4. The zero-order chi connectivity index (χ0) is 44.6. The van der Waals surface area contributed by atoms with E-state index in [1.165, 1.54) is 120 Å². The number of nitrogens with zero attached hydrogens (tertiary/aromatic N) is 4. The molecule has 20 heteroatoms. The van der Waals surface area contributed by atoms with Crippen molar-refractivity contribution in [2.45, 2.75) is 124 Å². The van der Waals surface area contributed by atoms with Crippen LogP contribution >= 0.6 is 0 Å². The number of phenolic OH excluding ortho intramolecular Hbond substituents is 1. The Morgan fingerprint density at radius 1 is 0.607 bits per heavy atom. The third-order valence-electron chi connectivity index (χ3n) is 10.0. The average Bonchev–Trinajstić information content (AvgIpc) is 3.20. The van der Waals surface area contributed by atoms with Gasteiger partial charge in [-0.15, -0.1) is 10.2 Å². The number of amides is 1. The summed E-state index contributed by atoms with van der Waals surface area (Å²) in [5.41, 5.74) is 4.68. The lowest BCUT2D eigenvalue weighted by molar-refractivity contribution is 0.0953. The minimum Gasteiger partial charge on any atom is -0.505 e. The molecule has 0 unspecified atom stereocenters. The van der Waals surface area contributed by atoms with Crippen LogP contribution in [0.5, 0.6) is 5.75 Å². The monoisotopic (exact) mass is 901 g/mol. The van der Waals surface area contributed by atoms with E-state index < -0.39 is 62.9 Å². The van der Waals surface area contributed by atoms with E-state index in [-0.39, 0.29) is 32.9 Å². The van der Waals surface area contributed by atoms with Gasteiger partial charge in [-0.25, -0.2) is 13.6 Å². The molecule has 0 atom stereocenters. The van der Waals surface area contributed by atoms with Crippen LogP contribution in [0.2, 0.25) is 0 Å². The predicted octanol–water partition coefficient (Wildman–Crippen LogP) is 10.1. The molecule has 0 radical (unpaired) electrons. The molecule has 61 heavy (non-hydrogen) atoms. The van der Waals surface area contributed by atoms with Crippen LogP contribution in [0.15, 0.2) is 95.8 Å². The lowest BCUT2D eigenvalue weighted by atomic mass is 10.0. The SMILES string of the molecule is CCCCCCCCCCCCCCCCCCNC(=O)c1ccc(N=Nc2c(S(=O)(=O)O)cc3cc(S(=O)(=O)O)c(N=Nc4ccc(S(N)(=O)=O)cc4)c(N)c3c2O)cc1. The topological polar surface area (TPSA) is 294 Å². The summed E-state index contributed by atoms with van der Waals surface area (Å²) in [4.78, 5) is 10.6. The van der Waals surface area contributed by atoms with Gasteiger partial charge in [-0.1, -0.05) is 103 Å². The highest BCUT2D eigenvalue weighted by molar-refractivity contribution is 7.89. The van der Waals surface area contributed by atoms with E-state index in [0.717, 1.165) is 43.5 Å². The predicted molar refractivity (Wildman–Crippen MR) is 234 cm³/mol. The number of anilines is 1. The highest BCUT2D eigenvalue weighted by atomic mass is 32.2. The molecule has 0 saturated heterocycles. The number of hydrogen-bond donors (Lipinski definition) is 6. The quantitative estimate of drug-likeness (QED) is 0.0157. The van der Waals surface area contributed by atoms with E-state index in [2.05, 4.69) is 32.7 Å². The number of aromatic hydroxyl groups is 1. The van der Waals surface area contributed by atoms with Gasteiger partial charge < -0.3 is 16.2 Å². The van der Waals surface area contributed by atoms with Gasteiger partial charge in [0.1, 0.15) is 21.2 Å². The van der Waals surface area contributed by atoms with Gasteiger partial charge in [-0.05, 0) is 72.5 Å². The third kappa shape index (κ3) is 14.9. The second-order valence-corrected chi connectivity index (χ2v) is 19.1. The first kappa shape index (κ1) is 48.8. The number of primary sulfonamides is 1. The molecule has 332 valence electrons. The summed E-state index contributed by atoms with van der Waals surface area (Å²) in [6.07, 6.45) is 20.1. The number of nitrogens with two attached hydrogens (primary N) is 2. The van der Waals surface area contributed by atoms with Crippen LogP contribution < -0.4 is 16.2 Å². The molecule has 4 aromatic rings. The molecule has 0 aliphatic rings. The van der Waals surface area contributed by atoms with Gasteiger partial charge in [0, 0.05) is 12.1 Å². The minimum absolute atomic E-state index is 0.00696. The van der Waals surface area contributed by atoms with E-state index in [9.17, 15) is 44.3 Å². The van der Waals surface area contributed by atoms with Gasteiger partial charge in [0.25, 0.3) is 26.1 Å². The number of nitrogens with one attached hydrogen (secondary N) is 1. The Hall–Kier alpha value is -4.86. The maximum Gasteiger partial charge on any atom is 0.296 e. The van der Waals surface area contributed by atoms with Gasteiger partial charge in [-0.2, -0.15) is 27.1 Å². The van der Waals surface area contributed by atoms with Gasteiger partial charge in [-0.3, -0.25) is 13.9 Å². The molecular weight excluding hydrogens is 847 g/mol. The van der Waals surface area contributed by atoms with E-state index in [4.69, 9.17) is 10.9 Å². The summed E-state index contributed by atoms with van der Waals surface area (Å²) in [7, 11) is -14.3. The van der Waals surface area contributed by atoms with Gasteiger partial charge >= 0.3 is 0 Å². The number of rotatable bonds is 25. The van der Waals surface area contributed by atoms with Crippen molar-refractivity contribution in [1.29, 1.82) is 0 Å². The molecule has 0 spiro atoms. The molecule has 4 rings (SSSR count). The third-order valence-corrected chi connectivity index (χ3v) is 12.7. The minimum atomic E-state index is -5.14. The number of carbonyl (C=O) groups is 1. The molecule has 0 heterocycles. The highest BCUT2D eigenvalue weighted by Crippen LogP contribution is 2.48. The van der Waals surface area contributed by atoms with Gasteiger partial charge in [0.15, 0.2) is 5.75 Å². The maximum atomic E-state index is 12.7. The molecule has 8 N–H and O–H groups in total. The van der Waals surface area contributed by atoms with Crippen molar-refractivity contribution in [3.05, 3.63) is 66.2 Å². The Labute approximate surface area is 357 Å². The molecule has 0 aliphatic carbocycles. The second kappa shape index (κ2) is 22.8. The summed E-state index contributed by atoms with van der Waals surface area (Å²) in [6.45, 7) is 2.76. The van der Waals surface area contributed by atoms with Crippen LogP contribution in [0, 0.1) is 0 Å². The van der Waals surface area contributed by atoms with E-state index in [0.29, 0.717) is 12.1 Å². The molecular formula is C41H55N7O10S3. The smallest absolute Gasteiger partial charge is 0.296 e. The average molecular weight is 902 g/mol. The Balaban J connectivity index is 1.38. The summed E-state index contributed by atoms with van der Waals surface area (Å²) >= 11 is 0. The van der Waals surface area contributed by atoms with E-state index in [1.54, 1.807) is 0 Å². The normalized spacial score (nSPS) is 12.5. The Bertz CT molecular complexity index is 2510. The fraction of sp³-hybridized carbons (Fsp3) is 0.439. The number of fused-ring (bicyclic) bond motifs is 1. The molecule has 0 saturated carbocycles. The van der Waals surface area contributed by atoms with Crippen molar-refractivity contribution in [1.82, 2.24) is 5.32 Å². The number of unbranched alkanes of at least 4 members (excludes halogenated alkanes) is 15. The Morgan fingerprint density at radius 3 is 1.46 bits per heavy atom. The first-order valence-electron chi connectivity index (χ1n) is 20.3. The Kier molecular flexibility index (Phi) is 18.3. The first-order chi connectivity index (χ1) is 28.9. The molecule has 0 fully saturated rings. The number of hydrogen-bond acceptors (Lipinski definition) is 13. The number of phenols is 1. The molecule has 1 amide bonds. The van der Waals surface area contributed by atoms with Crippen LogP contribution in [0.25, 0.3) is 10.8 Å².